The number of carbonyl (C=O) groups excluding carboxylic acids is 4. The van der Waals surface area contributed by atoms with E-state index in [1.807, 2.05) is 12.1 Å². The summed E-state index contributed by atoms with van der Waals surface area (Å²) in [4.78, 5) is 56.0. The topological polar surface area (TPSA) is 102 Å². The quantitative estimate of drug-likeness (QED) is 0.386. The van der Waals surface area contributed by atoms with E-state index in [0.717, 1.165) is 48.9 Å². The van der Waals surface area contributed by atoms with Crippen LogP contribution in [-0.4, -0.2) is 65.6 Å². The van der Waals surface area contributed by atoms with E-state index in [2.05, 4.69) is 44.7 Å². The lowest BCUT2D eigenvalue weighted by molar-refractivity contribution is -0.136. The van der Waals surface area contributed by atoms with Crippen LogP contribution in [0.15, 0.2) is 60.7 Å². The van der Waals surface area contributed by atoms with Gasteiger partial charge in [-0.3, -0.25) is 34.3 Å². The zero-order chi connectivity index (χ0) is 29.4. The largest absolute Gasteiger partial charge is 0.380 e. The van der Waals surface area contributed by atoms with Gasteiger partial charge in [-0.05, 0) is 47.9 Å². The molecule has 3 heterocycles. The van der Waals surface area contributed by atoms with Gasteiger partial charge in [-0.1, -0.05) is 53.5 Å². The van der Waals surface area contributed by atoms with Crippen molar-refractivity contribution in [1.82, 2.24) is 15.1 Å². The molecule has 1 atom stereocenters. The van der Waals surface area contributed by atoms with Crippen molar-refractivity contribution in [3.05, 3.63) is 93.0 Å². The van der Waals surface area contributed by atoms with Crippen molar-refractivity contribution in [1.29, 1.82) is 0 Å². The third-order valence-electron chi connectivity index (χ3n) is 8.00. The number of halogens is 2. The molecule has 6 rings (SSSR count). The number of nitrogens with one attached hydrogen (secondary N) is 2. The van der Waals surface area contributed by atoms with Crippen molar-refractivity contribution < 1.29 is 19.2 Å². The molecule has 0 saturated carbocycles. The smallest absolute Gasteiger partial charge is 0.264 e. The van der Waals surface area contributed by atoms with Crippen LogP contribution in [-0.2, 0) is 22.7 Å². The third-order valence-corrected chi connectivity index (χ3v) is 8.54. The predicted octanol–water partition coefficient (Wildman–Crippen LogP) is 4.33. The minimum Gasteiger partial charge on any atom is -0.380 e. The monoisotopic (exact) mass is 605 g/mol. The summed E-state index contributed by atoms with van der Waals surface area (Å²) >= 11 is 12.4. The summed E-state index contributed by atoms with van der Waals surface area (Å²) in [5.74, 6) is -2.07. The number of fused-ring (bicyclic) bond motifs is 1. The Kier molecular flexibility index (Phi) is 7.90. The molecule has 3 aliphatic rings. The fraction of sp³-hybridized carbons (Fsp3) is 0.290. The Morgan fingerprint density at radius 1 is 0.857 bits per heavy atom. The van der Waals surface area contributed by atoms with Gasteiger partial charge >= 0.3 is 0 Å². The maximum absolute atomic E-state index is 13.3. The number of amides is 4. The number of benzene rings is 3. The second kappa shape index (κ2) is 11.8. The normalized spacial score (nSPS) is 19.2. The van der Waals surface area contributed by atoms with E-state index >= 15 is 0 Å². The highest BCUT2D eigenvalue weighted by atomic mass is 35.5. The van der Waals surface area contributed by atoms with Crippen LogP contribution < -0.4 is 15.5 Å². The van der Waals surface area contributed by atoms with Gasteiger partial charge < -0.3 is 10.2 Å². The van der Waals surface area contributed by atoms with Crippen LogP contribution in [0.3, 0.4) is 0 Å². The second-order valence-corrected chi connectivity index (χ2v) is 11.5. The van der Waals surface area contributed by atoms with Gasteiger partial charge in [0.05, 0.1) is 21.8 Å². The molecular weight excluding hydrogens is 577 g/mol. The zero-order valence-electron chi connectivity index (χ0n) is 22.7. The minimum atomic E-state index is -0.992. The maximum Gasteiger partial charge on any atom is 0.264 e. The Morgan fingerprint density at radius 2 is 1.60 bits per heavy atom. The number of nitrogens with zero attached hydrogens (tertiary/aromatic N) is 3. The molecule has 0 spiro atoms. The summed E-state index contributed by atoms with van der Waals surface area (Å²) < 4.78 is 0. The maximum atomic E-state index is 13.3. The van der Waals surface area contributed by atoms with Gasteiger partial charge in [0.1, 0.15) is 6.04 Å². The summed E-state index contributed by atoms with van der Waals surface area (Å²) in [6, 6.07) is 18.0. The summed E-state index contributed by atoms with van der Waals surface area (Å²) in [6.07, 6.45) is 0.205. The molecule has 3 aromatic rings. The first kappa shape index (κ1) is 28.2. The standard InChI is InChI=1S/C31H29Cl2N5O4/c32-21-8-9-25(23(33)16-21)37-14-12-36(13-15-37)18-20-6-4-19(5-7-20)17-34-24-3-1-2-22-28(24)31(42)38(30(22)41)26-10-11-27(39)35-29(26)40/h1-9,16,26,34H,10-15,17-18H2,(H,35,39,40). The number of imide groups is 2. The summed E-state index contributed by atoms with van der Waals surface area (Å²) in [6.45, 7) is 4.90. The van der Waals surface area contributed by atoms with Crippen molar-refractivity contribution in [2.75, 3.05) is 36.4 Å². The Morgan fingerprint density at radius 3 is 2.31 bits per heavy atom. The van der Waals surface area contributed by atoms with Gasteiger partial charge in [-0.2, -0.15) is 0 Å². The Bertz CT molecular complexity index is 1570. The van der Waals surface area contributed by atoms with E-state index in [0.29, 0.717) is 22.3 Å². The average molecular weight is 607 g/mol. The van der Waals surface area contributed by atoms with Crippen molar-refractivity contribution in [2.24, 2.45) is 0 Å². The van der Waals surface area contributed by atoms with Crippen molar-refractivity contribution in [3.8, 4) is 0 Å². The van der Waals surface area contributed by atoms with Crippen LogP contribution in [0.5, 0.6) is 0 Å². The zero-order valence-corrected chi connectivity index (χ0v) is 24.3. The molecule has 0 radical (unpaired) electrons. The Balaban J connectivity index is 1.05. The van der Waals surface area contributed by atoms with Crippen LogP contribution >= 0.6 is 23.2 Å². The third kappa shape index (κ3) is 5.60. The Labute approximate surface area is 253 Å². The number of hydrogen-bond donors (Lipinski definition) is 2. The van der Waals surface area contributed by atoms with Crippen LogP contribution in [0.1, 0.15) is 44.7 Å². The molecule has 9 nitrogen and oxygen atoms in total. The van der Waals surface area contributed by atoms with Crippen molar-refractivity contribution in [3.63, 3.8) is 0 Å². The summed E-state index contributed by atoms with van der Waals surface area (Å²) in [5, 5.41) is 6.82. The summed E-state index contributed by atoms with van der Waals surface area (Å²) in [5.41, 5.74) is 4.28. The fourth-order valence-corrected chi connectivity index (χ4v) is 6.29. The minimum absolute atomic E-state index is 0.0827. The highest BCUT2D eigenvalue weighted by Gasteiger charge is 2.45. The number of rotatable bonds is 7. The average Bonchev–Trinajstić information content (AvgIpc) is 3.23. The molecule has 42 heavy (non-hydrogen) atoms. The second-order valence-electron chi connectivity index (χ2n) is 10.7. The molecular formula is C31H29Cl2N5O4. The lowest BCUT2D eigenvalue weighted by Crippen LogP contribution is -2.54. The van der Waals surface area contributed by atoms with Crippen molar-refractivity contribution in [2.45, 2.75) is 32.0 Å². The van der Waals surface area contributed by atoms with Gasteiger partial charge in [0.25, 0.3) is 11.8 Å². The SMILES string of the molecule is O=C1CCC(N2C(=O)c3cccc(NCc4ccc(CN5CCN(c6ccc(Cl)cc6Cl)CC5)cc4)c3C2=O)C(=O)N1. The highest BCUT2D eigenvalue weighted by Crippen LogP contribution is 2.33. The lowest BCUT2D eigenvalue weighted by Gasteiger charge is -2.36. The molecule has 2 fully saturated rings. The number of anilines is 2. The molecule has 11 heteroatoms. The predicted molar refractivity (Wildman–Crippen MR) is 161 cm³/mol. The van der Waals surface area contributed by atoms with E-state index in [9.17, 15) is 19.2 Å². The van der Waals surface area contributed by atoms with Gasteiger partial charge in [0.15, 0.2) is 0 Å². The highest BCUT2D eigenvalue weighted by molar-refractivity contribution is 6.36. The van der Waals surface area contributed by atoms with E-state index in [1.165, 1.54) is 5.56 Å². The first-order chi connectivity index (χ1) is 20.3. The molecule has 2 saturated heterocycles. The van der Waals surface area contributed by atoms with Gasteiger partial charge in [-0.15, -0.1) is 0 Å². The van der Waals surface area contributed by atoms with Gasteiger partial charge in [-0.25, -0.2) is 0 Å². The van der Waals surface area contributed by atoms with E-state index in [-0.39, 0.29) is 24.0 Å². The summed E-state index contributed by atoms with van der Waals surface area (Å²) in [7, 11) is 0. The number of hydrogen-bond acceptors (Lipinski definition) is 7. The Hall–Kier alpha value is -3.92. The molecule has 0 aliphatic carbocycles. The number of piperidine rings is 1. The van der Waals surface area contributed by atoms with E-state index in [4.69, 9.17) is 23.2 Å². The first-order valence-electron chi connectivity index (χ1n) is 13.9. The molecule has 4 amide bonds. The van der Waals surface area contributed by atoms with Crippen LogP contribution in [0.4, 0.5) is 11.4 Å². The number of piperazine rings is 1. The molecule has 0 bridgehead atoms. The van der Waals surface area contributed by atoms with Crippen LogP contribution in [0.2, 0.25) is 10.0 Å². The molecule has 216 valence electrons. The molecule has 1 unspecified atom stereocenters. The lowest BCUT2D eigenvalue weighted by atomic mass is 10.0. The fourth-order valence-electron chi connectivity index (χ4n) is 5.76. The van der Waals surface area contributed by atoms with Crippen LogP contribution in [0, 0.1) is 0 Å². The van der Waals surface area contributed by atoms with Gasteiger partial charge in [0.2, 0.25) is 11.8 Å². The molecule has 3 aliphatic heterocycles. The van der Waals surface area contributed by atoms with Crippen molar-refractivity contribution >= 4 is 58.2 Å². The van der Waals surface area contributed by atoms with Crippen LogP contribution in [0.25, 0.3) is 0 Å². The van der Waals surface area contributed by atoms with Gasteiger partial charge in [0, 0.05) is 56.4 Å². The molecule has 3 aromatic carbocycles. The van der Waals surface area contributed by atoms with E-state index < -0.39 is 29.7 Å². The number of carbonyl (C=O) groups is 4. The first-order valence-corrected chi connectivity index (χ1v) is 14.6. The molecule has 0 aromatic heterocycles. The molecule has 2 N–H and O–H groups in total. The van der Waals surface area contributed by atoms with E-state index in [1.54, 1.807) is 24.3 Å².